The normalized spacial score (nSPS) is 14.6. The Labute approximate surface area is 86.8 Å². The highest BCUT2D eigenvalue weighted by atomic mass is 32.2. The molecule has 0 amide bonds. The first-order chi connectivity index (χ1) is 6.41. The van der Waals surface area contributed by atoms with Crippen LogP contribution in [-0.2, 0) is 10.0 Å². The van der Waals surface area contributed by atoms with Crippen LogP contribution < -0.4 is 4.72 Å². The fourth-order valence-electron chi connectivity index (χ4n) is 0.953. The summed E-state index contributed by atoms with van der Waals surface area (Å²) in [6.45, 7) is 5.67. The van der Waals surface area contributed by atoms with Gasteiger partial charge in [0, 0.05) is 6.04 Å². The molecule has 0 radical (unpaired) electrons. The van der Waals surface area contributed by atoms with Crippen molar-refractivity contribution < 1.29 is 13.5 Å². The van der Waals surface area contributed by atoms with Crippen LogP contribution in [0.4, 0.5) is 0 Å². The van der Waals surface area contributed by atoms with Gasteiger partial charge in [-0.25, -0.2) is 13.1 Å². The van der Waals surface area contributed by atoms with Crippen LogP contribution in [0.1, 0.15) is 33.6 Å². The Morgan fingerprint density at radius 2 is 1.93 bits per heavy atom. The predicted octanol–water partition coefficient (Wildman–Crippen LogP) is 0.723. The molecule has 0 aliphatic rings. The summed E-state index contributed by atoms with van der Waals surface area (Å²) < 4.78 is 25.4. The number of aliphatic hydroxyl groups excluding tert-OH is 1. The van der Waals surface area contributed by atoms with Crippen LogP contribution in [0.25, 0.3) is 0 Å². The number of sulfonamides is 1. The summed E-state index contributed by atoms with van der Waals surface area (Å²) in [6.07, 6.45) is 1.26. The van der Waals surface area contributed by atoms with Gasteiger partial charge in [0.15, 0.2) is 0 Å². The molecule has 0 aliphatic carbocycles. The largest absolute Gasteiger partial charge is 0.395 e. The highest BCUT2D eigenvalue weighted by molar-refractivity contribution is 7.89. The van der Waals surface area contributed by atoms with Gasteiger partial charge in [-0.1, -0.05) is 20.8 Å². The van der Waals surface area contributed by atoms with Gasteiger partial charge in [-0.3, -0.25) is 0 Å². The van der Waals surface area contributed by atoms with Crippen LogP contribution in [0.5, 0.6) is 0 Å². The van der Waals surface area contributed by atoms with Crippen molar-refractivity contribution in [3.63, 3.8) is 0 Å². The third-order valence-electron chi connectivity index (χ3n) is 2.02. The number of aliphatic hydroxyl groups is 1. The van der Waals surface area contributed by atoms with Crippen molar-refractivity contribution in [2.24, 2.45) is 5.92 Å². The Kier molecular flexibility index (Phi) is 6.31. The fraction of sp³-hybridized carbons (Fsp3) is 1.00. The summed E-state index contributed by atoms with van der Waals surface area (Å²) in [5.41, 5.74) is 0. The first kappa shape index (κ1) is 13.9. The van der Waals surface area contributed by atoms with Crippen LogP contribution in [0, 0.1) is 5.92 Å². The average molecular weight is 223 g/mol. The third-order valence-corrected chi connectivity index (χ3v) is 3.49. The van der Waals surface area contributed by atoms with Crippen LogP contribution in [0.3, 0.4) is 0 Å². The lowest BCUT2D eigenvalue weighted by atomic mass is 10.2. The van der Waals surface area contributed by atoms with Crippen molar-refractivity contribution in [3.05, 3.63) is 0 Å². The summed E-state index contributed by atoms with van der Waals surface area (Å²) in [6, 6.07) is -0.341. The lowest BCUT2D eigenvalue weighted by Crippen LogP contribution is -2.38. The summed E-state index contributed by atoms with van der Waals surface area (Å²) in [5, 5.41) is 8.84. The zero-order valence-corrected chi connectivity index (χ0v) is 9.97. The summed E-state index contributed by atoms with van der Waals surface area (Å²) in [4.78, 5) is 0. The van der Waals surface area contributed by atoms with Crippen molar-refractivity contribution in [2.45, 2.75) is 39.7 Å². The van der Waals surface area contributed by atoms with E-state index >= 15 is 0 Å². The van der Waals surface area contributed by atoms with Crippen LogP contribution in [-0.4, -0.2) is 31.9 Å². The van der Waals surface area contributed by atoms with E-state index in [0.29, 0.717) is 18.8 Å². The molecule has 0 fully saturated rings. The topological polar surface area (TPSA) is 66.4 Å². The Balaban J connectivity index is 4.06. The van der Waals surface area contributed by atoms with E-state index in [0.717, 1.165) is 0 Å². The summed E-state index contributed by atoms with van der Waals surface area (Å²) >= 11 is 0. The van der Waals surface area contributed by atoms with E-state index in [1.54, 1.807) is 0 Å². The standard InChI is InChI=1S/C9H21NO3S/c1-4-9(7-11)10-14(12,13)6-5-8(2)3/h8-11H,4-7H2,1-3H3/t9-/m1/s1. The second kappa shape index (κ2) is 6.37. The molecule has 0 saturated carbocycles. The Morgan fingerprint density at radius 1 is 1.36 bits per heavy atom. The molecule has 0 aromatic carbocycles. The molecule has 0 aromatic heterocycles. The zero-order chi connectivity index (χ0) is 11.2. The first-order valence-electron chi connectivity index (χ1n) is 5.02. The molecule has 4 nitrogen and oxygen atoms in total. The van der Waals surface area contributed by atoms with E-state index in [1.165, 1.54) is 0 Å². The molecule has 5 heteroatoms. The van der Waals surface area contributed by atoms with Gasteiger partial charge < -0.3 is 5.11 Å². The molecule has 0 bridgehead atoms. The highest BCUT2D eigenvalue weighted by Crippen LogP contribution is 2.03. The third kappa shape index (κ3) is 6.34. The van der Waals surface area contributed by atoms with Crippen molar-refractivity contribution >= 4 is 10.0 Å². The molecule has 1 atom stereocenters. The van der Waals surface area contributed by atoms with Crippen LogP contribution in [0.2, 0.25) is 0 Å². The maximum atomic E-state index is 11.4. The second-order valence-corrected chi connectivity index (χ2v) is 5.78. The first-order valence-corrected chi connectivity index (χ1v) is 6.67. The van der Waals surface area contributed by atoms with Gasteiger partial charge in [0.05, 0.1) is 12.4 Å². The second-order valence-electron chi connectivity index (χ2n) is 3.91. The molecule has 14 heavy (non-hydrogen) atoms. The maximum absolute atomic E-state index is 11.4. The number of rotatable bonds is 7. The van der Waals surface area contributed by atoms with Crippen molar-refractivity contribution in [2.75, 3.05) is 12.4 Å². The van der Waals surface area contributed by atoms with E-state index in [9.17, 15) is 8.42 Å². The number of nitrogens with one attached hydrogen (secondary N) is 1. The van der Waals surface area contributed by atoms with E-state index in [2.05, 4.69) is 4.72 Å². The molecule has 0 rings (SSSR count). The number of hydrogen-bond donors (Lipinski definition) is 2. The van der Waals surface area contributed by atoms with Gasteiger partial charge in [-0.05, 0) is 18.8 Å². The molecule has 0 heterocycles. The minimum Gasteiger partial charge on any atom is -0.395 e. The molecular weight excluding hydrogens is 202 g/mol. The zero-order valence-electron chi connectivity index (χ0n) is 9.16. The molecule has 0 saturated heterocycles. The van der Waals surface area contributed by atoms with Gasteiger partial charge in [0.1, 0.15) is 0 Å². The summed E-state index contributed by atoms with van der Waals surface area (Å²) in [5.74, 6) is 0.516. The lowest BCUT2D eigenvalue weighted by Gasteiger charge is -2.14. The minimum atomic E-state index is -3.21. The van der Waals surface area contributed by atoms with Crippen LogP contribution in [0.15, 0.2) is 0 Å². The monoisotopic (exact) mass is 223 g/mol. The fourth-order valence-corrected chi connectivity index (χ4v) is 2.60. The predicted molar refractivity (Wildman–Crippen MR) is 57.5 cm³/mol. The SMILES string of the molecule is CC[C@H](CO)NS(=O)(=O)CCC(C)C. The Bertz CT molecular complexity index is 232. The van der Waals surface area contributed by atoms with Gasteiger partial charge in [0.25, 0.3) is 0 Å². The molecule has 0 aromatic rings. The van der Waals surface area contributed by atoms with Crippen molar-refractivity contribution in [3.8, 4) is 0 Å². The number of hydrogen-bond acceptors (Lipinski definition) is 3. The average Bonchev–Trinajstić information content (AvgIpc) is 2.11. The van der Waals surface area contributed by atoms with E-state index in [4.69, 9.17) is 5.11 Å². The van der Waals surface area contributed by atoms with Gasteiger partial charge >= 0.3 is 0 Å². The Hall–Kier alpha value is -0.130. The summed E-state index contributed by atoms with van der Waals surface area (Å²) in [7, 11) is -3.21. The van der Waals surface area contributed by atoms with Crippen LogP contribution >= 0.6 is 0 Å². The smallest absolute Gasteiger partial charge is 0.211 e. The quantitative estimate of drug-likeness (QED) is 0.668. The van der Waals surface area contributed by atoms with Gasteiger partial charge in [0.2, 0.25) is 10.0 Å². The Morgan fingerprint density at radius 3 is 2.29 bits per heavy atom. The minimum absolute atomic E-state index is 0.140. The van der Waals surface area contributed by atoms with E-state index in [-0.39, 0.29) is 18.4 Å². The van der Waals surface area contributed by atoms with Gasteiger partial charge in [-0.15, -0.1) is 0 Å². The van der Waals surface area contributed by atoms with Crippen molar-refractivity contribution in [1.29, 1.82) is 0 Å². The lowest BCUT2D eigenvalue weighted by molar-refractivity contribution is 0.253. The molecule has 86 valence electrons. The molecular formula is C9H21NO3S. The molecule has 0 unspecified atom stereocenters. The highest BCUT2D eigenvalue weighted by Gasteiger charge is 2.15. The molecule has 2 N–H and O–H groups in total. The maximum Gasteiger partial charge on any atom is 0.211 e. The van der Waals surface area contributed by atoms with E-state index < -0.39 is 10.0 Å². The van der Waals surface area contributed by atoms with Crippen molar-refractivity contribution in [1.82, 2.24) is 4.72 Å². The van der Waals surface area contributed by atoms with E-state index in [1.807, 2.05) is 20.8 Å². The van der Waals surface area contributed by atoms with Gasteiger partial charge in [-0.2, -0.15) is 0 Å². The molecule has 0 spiro atoms. The molecule has 0 aliphatic heterocycles.